The highest BCUT2D eigenvalue weighted by atomic mass is 19.4. The number of carboxylic acids is 1. The van der Waals surface area contributed by atoms with Gasteiger partial charge in [-0.2, -0.15) is 18.3 Å². The summed E-state index contributed by atoms with van der Waals surface area (Å²) in [6.07, 6.45) is 2.57. The molecule has 182 valence electrons. The van der Waals surface area contributed by atoms with Crippen molar-refractivity contribution in [1.82, 2.24) is 24.3 Å². The van der Waals surface area contributed by atoms with E-state index >= 15 is 0 Å². The van der Waals surface area contributed by atoms with Crippen LogP contribution in [0.2, 0.25) is 0 Å². The van der Waals surface area contributed by atoms with Crippen LogP contribution in [-0.2, 0) is 40.6 Å². The highest BCUT2D eigenvalue weighted by molar-refractivity contribution is 5.75. The van der Waals surface area contributed by atoms with Crippen LogP contribution in [0, 0.1) is 5.92 Å². The average Bonchev–Trinajstić information content (AvgIpc) is 3.49. The SMILES string of the molecule is CCn1cc(CN2Cc3cccn3CC(CC(=O)N3CCCO3)C2)cn1.O=C(O)C(F)(F)F. The molecule has 2 aromatic rings. The van der Waals surface area contributed by atoms with E-state index in [0.717, 1.165) is 45.7 Å². The number of carbonyl (C=O) groups excluding carboxylic acids is 1. The van der Waals surface area contributed by atoms with E-state index in [9.17, 15) is 18.0 Å². The molecule has 1 amide bonds. The first-order chi connectivity index (χ1) is 15.7. The van der Waals surface area contributed by atoms with Crippen molar-refractivity contribution >= 4 is 11.9 Å². The van der Waals surface area contributed by atoms with Crippen molar-refractivity contribution in [3.8, 4) is 0 Å². The van der Waals surface area contributed by atoms with E-state index < -0.39 is 12.1 Å². The van der Waals surface area contributed by atoms with Crippen LogP contribution in [0.3, 0.4) is 0 Å². The Morgan fingerprint density at radius 1 is 1.30 bits per heavy atom. The number of fused-ring (bicyclic) bond motifs is 1. The number of aliphatic carboxylic acids is 1. The number of hydroxylamine groups is 2. The summed E-state index contributed by atoms with van der Waals surface area (Å²) >= 11 is 0. The maximum Gasteiger partial charge on any atom is 0.490 e. The van der Waals surface area contributed by atoms with Crippen LogP contribution in [0.1, 0.15) is 31.0 Å². The average molecular weight is 471 g/mol. The summed E-state index contributed by atoms with van der Waals surface area (Å²) in [4.78, 5) is 29.3. The van der Waals surface area contributed by atoms with Gasteiger partial charge < -0.3 is 9.67 Å². The fourth-order valence-corrected chi connectivity index (χ4v) is 3.93. The second kappa shape index (κ2) is 10.8. The Morgan fingerprint density at radius 2 is 2.06 bits per heavy atom. The molecule has 1 atom stereocenters. The Morgan fingerprint density at radius 3 is 2.67 bits per heavy atom. The van der Waals surface area contributed by atoms with Gasteiger partial charge in [0.05, 0.1) is 19.3 Å². The highest BCUT2D eigenvalue weighted by Crippen LogP contribution is 2.22. The molecule has 1 fully saturated rings. The van der Waals surface area contributed by atoms with Gasteiger partial charge in [0.1, 0.15) is 0 Å². The van der Waals surface area contributed by atoms with Gasteiger partial charge in [-0.05, 0) is 31.4 Å². The Hall–Kier alpha value is -2.86. The predicted octanol–water partition coefficient (Wildman–Crippen LogP) is 2.52. The molecule has 0 saturated carbocycles. The molecule has 0 aromatic carbocycles. The Labute approximate surface area is 189 Å². The number of halogens is 3. The Balaban J connectivity index is 0.000000383. The molecular formula is C21H28F3N5O4. The van der Waals surface area contributed by atoms with Crippen LogP contribution >= 0.6 is 0 Å². The summed E-state index contributed by atoms with van der Waals surface area (Å²) in [5, 5.41) is 13.1. The van der Waals surface area contributed by atoms with E-state index in [1.54, 1.807) is 5.06 Å². The molecule has 0 aliphatic carbocycles. The molecule has 0 spiro atoms. The van der Waals surface area contributed by atoms with E-state index in [4.69, 9.17) is 14.7 Å². The fourth-order valence-electron chi connectivity index (χ4n) is 3.93. The van der Waals surface area contributed by atoms with E-state index in [0.29, 0.717) is 13.0 Å². The zero-order chi connectivity index (χ0) is 24.0. The van der Waals surface area contributed by atoms with Gasteiger partial charge in [-0.3, -0.25) is 19.2 Å². The molecule has 12 heteroatoms. The van der Waals surface area contributed by atoms with Gasteiger partial charge in [0.15, 0.2) is 0 Å². The number of rotatable bonds is 5. The molecule has 1 N–H and O–H groups in total. The number of nitrogens with zero attached hydrogens (tertiary/aromatic N) is 5. The molecule has 33 heavy (non-hydrogen) atoms. The quantitative estimate of drug-likeness (QED) is 0.721. The lowest BCUT2D eigenvalue weighted by Crippen LogP contribution is -2.33. The van der Waals surface area contributed by atoms with Crippen molar-refractivity contribution in [2.75, 3.05) is 19.7 Å². The minimum atomic E-state index is -5.08. The standard InChI is InChI=1S/C19H27N5O2.C2HF3O2/c1-2-23-14-17(10-20-23)12-21-11-16(9-19(25)24-7-4-8-26-24)13-22-6-3-5-18(22)15-21;3-2(4,5)1(6)7/h3,5-6,10,14,16H,2,4,7-9,11-13,15H2,1H3;(H,6,7). The smallest absolute Gasteiger partial charge is 0.475 e. The molecule has 4 heterocycles. The van der Waals surface area contributed by atoms with Gasteiger partial charge in [-0.1, -0.05) is 0 Å². The minimum absolute atomic E-state index is 0.113. The van der Waals surface area contributed by atoms with Crippen molar-refractivity contribution in [1.29, 1.82) is 0 Å². The van der Waals surface area contributed by atoms with Crippen molar-refractivity contribution < 1.29 is 32.7 Å². The summed E-state index contributed by atoms with van der Waals surface area (Å²) in [7, 11) is 0. The third kappa shape index (κ3) is 7.06. The number of hydrogen-bond donors (Lipinski definition) is 1. The Bertz CT molecular complexity index is 936. The molecule has 9 nitrogen and oxygen atoms in total. The lowest BCUT2D eigenvalue weighted by atomic mass is 10.0. The lowest BCUT2D eigenvalue weighted by molar-refractivity contribution is -0.192. The fraction of sp³-hybridized carbons (Fsp3) is 0.571. The second-order valence-corrected chi connectivity index (χ2v) is 8.08. The van der Waals surface area contributed by atoms with Crippen LogP contribution in [0.4, 0.5) is 13.2 Å². The van der Waals surface area contributed by atoms with Crippen LogP contribution in [0.5, 0.6) is 0 Å². The van der Waals surface area contributed by atoms with Crippen LogP contribution < -0.4 is 0 Å². The summed E-state index contributed by atoms with van der Waals surface area (Å²) in [5.74, 6) is -2.36. The number of hydrogen-bond acceptors (Lipinski definition) is 5. The first kappa shape index (κ1) is 24.8. The molecule has 2 aliphatic rings. The predicted molar refractivity (Wildman–Crippen MR) is 111 cm³/mol. The van der Waals surface area contributed by atoms with Crippen molar-refractivity contribution in [3.05, 3.63) is 42.0 Å². The minimum Gasteiger partial charge on any atom is -0.475 e. The number of carboxylic acid groups (broad SMARTS) is 1. The zero-order valence-electron chi connectivity index (χ0n) is 18.4. The summed E-state index contributed by atoms with van der Waals surface area (Å²) in [5.41, 5.74) is 2.53. The van der Waals surface area contributed by atoms with E-state index in [1.165, 1.54) is 11.3 Å². The summed E-state index contributed by atoms with van der Waals surface area (Å²) in [6.45, 7) is 7.90. The third-order valence-corrected chi connectivity index (χ3v) is 5.43. The molecule has 1 saturated heterocycles. The number of amides is 1. The van der Waals surface area contributed by atoms with E-state index in [1.807, 2.05) is 10.9 Å². The monoisotopic (exact) mass is 471 g/mol. The number of aryl methyl sites for hydroxylation is 1. The number of carbonyl (C=O) groups is 2. The summed E-state index contributed by atoms with van der Waals surface area (Å²) < 4.78 is 36.0. The number of alkyl halides is 3. The highest BCUT2D eigenvalue weighted by Gasteiger charge is 2.38. The summed E-state index contributed by atoms with van der Waals surface area (Å²) in [6, 6.07) is 4.27. The van der Waals surface area contributed by atoms with Gasteiger partial charge in [0, 0.05) is 62.8 Å². The first-order valence-electron chi connectivity index (χ1n) is 10.8. The Kier molecular flexibility index (Phi) is 8.14. The topological polar surface area (TPSA) is 92.8 Å². The third-order valence-electron chi connectivity index (χ3n) is 5.43. The van der Waals surface area contributed by atoms with Crippen molar-refractivity contribution in [2.24, 2.45) is 5.92 Å². The molecule has 2 aromatic heterocycles. The van der Waals surface area contributed by atoms with Gasteiger partial charge in [0.2, 0.25) is 5.91 Å². The van der Waals surface area contributed by atoms with Crippen molar-refractivity contribution in [3.63, 3.8) is 0 Å². The van der Waals surface area contributed by atoms with Gasteiger partial charge in [0.25, 0.3) is 0 Å². The first-order valence-corrected chi connectivity index (χ1v) is 10.8. The van der Waals surface area contributed by atoms with E-state index in [2.05, 4.69) is 46.0 Å². The van der Waals surface area contributed by atoms with Crippen molar-refractivity contribution in [2.45, 2.75) is 52.1 Å². The molecule has 0 bridgehead atoms. The van der Waals surface area contributed by atoms with Crippen LogP contribution in [0.15, 0.2) is 30.7 Å². The molecule has 0 radical (unpaired) electrons. The largest absolute Gasteiger partial charge is 0.490 e. The van der Waals surface area contributed by atoms with E-state index in [-0.39, 0.29) is 11.8 Å². The molecule has 4 rings (SSSR count). The normalized spacial score (nSPS) is 18.9. The maximum absolute atomic E-state index is 12.5. The van der Waals surface area contributed by atoms with Gasteiger partial charge in [-0.15, -0.1) is 0 Å². The molecular weight excluding hydrogens is 443 g/mol. The van der Waals surface area contributed by atoms with Crippen LogP contribution in [-0.4, -0.2) is 67.2 Å². The molecule has 1 unspecified atom stereocenters. The molecule has 2 aliphatic heterocycles. The zero-order valence-corrected chi connectivity index (χ0v) is 18.4. The lowest BCUT2D eigenvalue weighted by Gasteiger charge is -2.24. The maximum atomic E-state index is 12.5. The second-order valence-electron chi connectivity index (χ2n) is 8.08. The van der Waals surface area contributed by atoms with Gasteiger partial charge >= 0.3 is 12.1 Å². The number of aromatic nitrogens is 3. The van der Waals surface area contributed by atoms with Gasteiger partial charge in [-0.25, -0.2) is 9.86 Å². The van der Waals surface area contributed by atoms with Crippen LogP contribution in [0.25, 0.3) is 0 Å².